The van der Waals surface area contributed by atoms with Crippen LogP contribution in [0.15, 0.2) is 39.8 Å². The van der Waals surface area contributed by atoms with E-state index < -0.39 is 5.76 Å². The van der Waals surface area contributed by atoms with Gasteiger partial charge in [-0.3, -0.25) is 4.79 Å². The Morgan fingerprint density at radius 2 is 2.27 bits per heavy atom. The van der Waals surface area contributed by atoms with E-state index in [1.807, 2.05) is 10.8 Å². The molecule has 0 saturated carbocycles. The number of fused-ring (bicyclic) bond motifs is 2. The fraction of sp³-hybridized carbons (Fsp3) is 0.267. The van der Waals surface area contributed by atoms with E-state index in [-0.39, 0.29) is 17.4 Å². The minimum absolute atomic E-state index is 0.261. The molecule has 0 bridgehead atoms. The molecule has 3 heterocycles. The molecular weight excluding hydrogens is 284 g/mol. The average Bonchev–Trinajstić information content (AvgIpc) is 3.10. The van der Waals surface area contributed by atoms with Gasteiger partial charge in [-0.1, -0.05) is 6.07 Å². The van der Waals surface area contributed by atoms with E-state index in [4.69, 9.17) is 10.2 Å². The molecule has 0 spiro atoms. The lowest BCUT2D eigenvalue weighted by Gasteiger charge is -2.21. The normalized spacial score (nSPS) is 17.5. The first-order chi connectivity index (χ1) is 10.6. The van der Waals surface area contributed by atoms with Gasteiger partial charge in [0, 0.05) is 31.3 Å². The fourth-order valence-electron chi connectivity index (χ4n) is 3.01. The van der Waals surface area contributed by atoms with Crippen LogP contribution in [0.25, 0.3) is 11.1 Å². The lowest BCUT2D eigenvalue weighted by molar-refractivity contribution is 0.0807. The number of para-hydroxylation sites is 1. The Morgan fingerprint density at radius 1 is 1.41 bits per heavy atom. The average molecular weight is 298 g/mol. The molecule has 2 N–H and O–H groups in total. The van der Waals surface area contributed by atoms with Crippen molar-refractivity contribution in [1.82, 2.24) is 14.1 Å². The number of rotatable bonds is 1. The van der Waals surface area contributed by atoms with Gasteiger partial charge in [0.2, 0.25) is 5.91 Å². The van der Waals surface area contributed by atoms with Gasteiger partial charge in [-0.15, -0.1) is 0 Å². The molecular formula is C15H14N4O3. The Kier molecular flexibility index (Phi) is 2.69. The van der Waals surface area contributed by atoms with Crippen molar-refractivity contribution in [1.29, 1.82) is 0 Å². The van der Waals surface area contributed by atoms with Gasteiger partial charge >= 0.3 is 5.76 Å². The zero-order valence-corrected chi connectivity index (χ0v) is 11.7. The third-order valence-corrected chi connectivity index (χ3v) is 4.16. The van der Waals surface area contributed by atoms with E-state index in [1.54, 1.807) is 24.4 Å². The summed E-state index contributed by atoms with van der Waals surface area (Å²) < 4.78 is 8.26. The van der Waals surface area contributed by atoms with Crippen LogP contribution in [-0.4, -0.2) is 20.0 Å². The topological polar surface area (TPSA) is 96.0 Å². The van der Waals surface area contributed by atoms with Gasteiger partial charge in [0.05, 0.1) is 5.69 Å². The highest BCUT2D eigenvalue weighted by Crippen LogP contribution is 2.24. The minimum Gasteiger partial charge on any atom is -0.405 e. The number of carbonyl (C=O) groups excluding carboxylic acids is 1. The summed E-state index contributed by atoms with van der Waals surface area (Å²) in [6.45, 7) is 0.721. The molecule has 0 saturated heterocycles. The second-order valence-electron chi connectivity index (χ2n) is 5.46. The van der Waals surface area contributed by atoms with Crippen molar-refractivity contribution >= 4 is 22.7 Å². The Labute approximate surface area is 125 Å². The summed E-state index contributed by atoms with van der Waals surface area (Å²) in [5.41, 5.74) is 6.83. The zero-order valence-electron chi connectivity index (χ0n) is 11.7. The molecule has 7 nitrogen and oxygen atoms in total. The standard InChI is InChI=1S/C15H14N4O3/c16-10-2-1-3-11-13(10)22-15(21)19(11)14(20)9-4-6-18-7-5-17-12(18)8-9/h1-3,5,7,9H,4,6,8,16H2. The monoisotopic (exact) mass is 298 g/mol. The highest BCUT2D eigenvalue weighted by atomic mass is 16.4. The molecule has 1 aliphatic rings. The third kappa shape index (κ3) is 1.78. The van der Waals surface area contributed by atoms with E-state index in [0.717, 1.165) is 16.9 Å². The summed E-state index contributed by atoms with van der Waals surface area (Å²) in [6, 6.07) is 5.00. The van der Waals surface area contributed by atoms with Gasteiger partial charge in [-0.2, -0.15) is 0 Å². The minimum atomic E-state index is -0.688. The number of benzene rings is 1. The van der Waals surface area contributed by atoms with E-state index >= 15 is 0 Å². The van der Waals surface area contributed by atoms with E-state index in [2.05, 4.69) is 4.98 Å². The first-order valence-electron chi connectivity index (χ1n) is 7.09. The number of nitrogens with zero attached hydrogens (tertiary/aromatic N) is 3. The Balaban J connectivity index is 1.77. The second-order valence-corrected chi connectivity index (χ2v) is 5.46. The Bertz CT molecular complexity index is 934. The van der Waals surface area contributed by atoms with Gasteiger partial charge in [0.15, 0.2) is 5.58 Å². The maximum absolute atomic E-state index is 12.8. The molecule has 1 aromatic carbocycles. The zero-order chi connectivity index (χ0) is 15.3. The number of nitrogens with two attached hydrogens (primary N) is 1. The van der Waals surface area contributed by atoms with Crippen molar-refractivity contribution in [2.45, 2.75) is 19.4 Å². The summed E-state index contributed by atoms with van der Waals surface area (Å²) in [4.78, 5) is 29.1. The first kappa shape index (κ1) is 12.9. The SMILES string of the molecule is Nc1cccc2c1oc(=O)n2C(=O)C1CCn2ccnc2C1. The van der Waals surface area contributed by atoms with E-state index in [0.29, 0.717) is 24.0 Å². The van der Waals surface area contributed by atoms with Crippen LogP contribution < -0.4 is 11.5 Å². The smallest absolute Gasteiger partial charge is 0.405 e. The van der Waals surface area contributed by atoms with Gasteiger partial charge in [-0.05, 0) is 18.6 Å². The van der Waals surface area contributed by atoms with Crippen LogP contribution in [0.4, 0.5) is 5.69 Å². The molecule has 2 aromatic heterocycles. The third-order valence-electron chi connectivity index (χ3n) is 4.16. The number of anilines is 1. The van der Waals surface area contributed by atoms with Crippen LogP contribution >= 0.6 is 0 Å². The highest BCUT2D eigenvalue weighted by molar-refractivity contribution is 5.94. The van der Waals surface area contributed by atoms with E-state index in [9.17, 15) is 9.59 Å². The predicted octanol–water partition coefficient (Wildman–Crippen LogP) is 1.28. The Hall–Kier alpha value is -2.83. The second kappa shape index (κ2) is 4.59. The van der Waals surface area contributed by atoms with Crippen LogP contribution in [-0.2, 0) is 13.0 Å². The molecule has 0 aliphatic carbocycles. The number of hydrogen-bond donors (Lipinski definition) is 1. The molecule has 1 atom stereocenters. The van der Waals surface area contributed by atoms with Gasteiger partial charge in [0.1, 0.15) is 11.3 Å². The number of carbonyl (C=O) groups is 1. The number of oxazole rings is 1. The number of nitrogen functional groups attached to an aromatic ring is 1. The molecule has 0 fully saturated rings. The van der Waals surface area contributed by atoms with Crippen LogP contribution in [0.3, 0.4) is 0 Å². The largest absolute Gasteiger partial charge is 0.426 e. The van der Waals surface area contributed by atoms with E-state index in [1.165, 1.54) is 0 Å². The quantitative estimate of drug-likeness (QED) is 0.683. The summed E-state index contributed by atoms with van der Waals surface area (Å²) in [5, 5.41) is 0. The van der Waals surface area contributed by atoms with Crippen LogP contribution in [0.5, 0.6) is 0 Å². The van der Waals surface area contributed by atoms with Crippen LogP contribution in [0.1, 0.15) is 17.0 Å². The van der Waals surface area contributed by atoms with Gasteiger partial charge < -0.3 is 14.7 Å². The maximum atomic E-state index is 12.8. The summed E-state index contributed by atoms with van der Waals surface area (Å²) >= 11 is 0. The number of aromatic nitrogens is 3. The van der Waals surface area contributed by atoms with Crippen LogP contribution in [0, 0.1) is 5.92 Å². The van der Waals surface area contributed by atoms with Crippen molar-refractivity contribution in [3.8, 4) is 0 Å². The van der Waals surface area contributed by atoms with Crippen LogP contribution in [0.2, 0.25) is 0 Å². The first-order valence-corrected chi connectivity index (χ1v) is 7.09. The lowest BCUT2D eigenvalue weighted by atomic mass is 9.96. The summed E-state index contributed by atoms with van der Waals surface area (Å²) in [7, 11) is 0. The van der Waals surface area contributed by atoms with Crippen molar-refractivity contribution in [2.75, 3.05) is 5.73 Å². The molecule has 7 heteroatoms. The molecule has 4 rings (SSSR count). The van der Waals surface area contributed by atoms with Gasteiger partial charge in [0.25, 0.3) is 0 Å². The van der Waals surface area contributed by atoms with Crippen molar-refractivity contribution in [2.24, 2.45) is 5.92 Å². The summed E-state index contributed by atoms with van der Waals surface area (Å²) in [5.74, 6) is -0.366. The Morgan fingerprint density at radius 3 is 3.14 bits per heavy atom. The maximum Gasteiger partial charge on any atom is 0.426 e. The predicted molar refractivity (Wildman–Crippen MR) is 79.6 cm³/mol. The fourth-order valence-corrected chi connectivity index (χ4v) is 3.01. The van der Waals surface area contributed by atoms with Crippen molar-refractivity contribution in [3.05, 3.63) is 47.0 Å². The van der Waals surface area contributed by atoms with Gasteiger partial charge in [-0.25, -0.2) is 14.3 Å². The molecule has 1 aliphatic heterocycles. The number of hydrogen-bond acceptors (Lipinski definition) is 5. The molecule has 1 unspecified atom stereocenters. The summed E-state index contributed by atoms with van der Waals surface area (Å²) in [6.07, 6.45) is 4.81. The molecule has 0 radical (unpaired) electrons. The molecule has 22 heavy (non-hydrogen) atoms. The number of aryl methyl sites for hydroxylation is 1. The van der Waals surface area contributed by atoms with Crippen molar-refractivity contribution in [3.63, 3.8) is 0 Å². The molecule has 0 amide bonds. The highest BCUT2D eigenvalue weighted by Gasteiger charge is 2.29. The number of imidazole rings is 1. The molecule has 112 valence electrons. The lowest BCUT2D eigenvalue weighted by Crippen LogP contribution is -2.33. The van der Waals surface area contributed by atoms with Crippen molar-refractivity contribution < 1.29 is 9.21 Å². The molecule has 3 aromatic rings.